The van der Waals surface area contributed by atoms with Crippen molar-refractivity contribution in [3.8, 4) is 0 Å². The van der Waals surface area contributed by atoms with Crippen LogP contribution in [0.2, 0.25) is 0 Å². The first-order valence-corrected chi connectivity index (χ1v) is 6.11. The summed E-state index contributed by atoms with van der Waals surface area (Å²) in [6.07, 6.45) is 1.21. The van der Waals surface area contributed by atoms with E-state index in [0.29, 0.717) is 11.9 Å². The van der Waals surface area contributed by atoms with Crippen molar-refractivity contribution in [1.29, 1.82) is 0 Å². The van der Waals surface area contributed by atoms with Crippen LogP contribution in [0.25, 0.3) is 0 Å². The highest BCUT2D eigenvalue weighted by molar-refractivity contribution is 7.10. The van der Waals surface area contributed by atoms with Gasteiger partial charge in [0, 0.05) is 25.2 Å². The quantitative estimate of drug-likeness (QED) is 0.783. The molecule has 0 spiro atoms. The number of likely N-dealkylation sites (N-methyl/N-ethyl adjacent to an activating group) is 1. The topological polar surface area (TPSA) is 45.4 Å². The highest BCUT2D eigenvalue weighted by Gasteiger charge is 2.21. The van der Waals surface area contributed by atoms with Gasteiger partial charge in [-0.25, -0.2) is 0 Å². The predicted molar refractivity (Wildman–Crippen MR) is 65.4 cm³/mol. The monoisotopic (exact) mass is 226 g/mol. The van der Waals surface area contributed by atoms with Crippen LogP contribution < -0.4 is 10.6 Å². The van der Waals surface area contributed by atoms with Gasteiger partial charge in [-0.3, -0.25) is 0 Å². The number of rotatable bonds is 1. The maximum atomic E-state index is 5.66. The Kier molecular flexibility index (Phi) is 3.11. The van der Waals surface area contributed by atoms with Crippen LogP contribution >= 0.6 is 11.5 Å². The Hall–Kier alpha value is -0.810. The molecule has 2 N–H and O–H groups in total. The van der Waals surface area contributed by atoms with E-state index in [0.717, 1.165) is 13.1 Å². The zero-order chi connectivity index (χ0) is 10.8. The summed E-state index contributed by atoms with van der Waals surface area (Å²) in [6, 6.07) is 2.52. The largest absolute Gasteiger partial charge is 0.383 e. The molecule has 1 fully saturated rings. The minimum absolute atomic E-state index is 0.539. The fraction of sp³-hybridized carbons (Fsp3) is 0.700. The number of hydrogen-bond acceptors (Lipinski definition) is 5. The number of aromatic nitrogens is 1. The molecule has 1 aliphatic heterocycles. The van der Waals surface area contributed by atoms with E-state index in [1.54, 1.807) is 0 Å². The molecule has 84 valence electrons. The average Bonchev–Trinajstić information content (AvgIpc) is 2.51. The lowest BCUT2D eigenvalue weighted by molar-refractivity contribution is 0.337. The number of anilines is 2. The van der Waals surface area contributed by atoms with Crippen molar-refractivity contribution in [1.82, 2.24) is 9.27 Å². The van der Waals surface area contributed by atoms with Gasteiger partial charge in [0.05, 0.1) is 0 Å². The van der Waals surface area contributed by atoms with Crippen molar-refractivity contribution >= 4 is 22.4 Å². The van der Waals surface area contributed by atoms with Gasteiger partial charge in [-0.1, -0.05) is 0 Å². The van der Waals surface area contributed by atoms with Crippen LogP contribution in [0.1, 0.15) is 13.3 Å². The molecule has 1 aromatic heterocycles. The van der Waals surface area contributed by atoms with Gasteiger partial charge in [0.1, 0.15) is 10.8 Å². The Balaban J connectivity index is 2.13. The maximum Gasteiger partial charge on any atom is 0.139 e. The fourth-order valence-corrected chi connectivity index (χ4v) is 2.91. The molecule has 1 aromatic rings. The van der Waals surface area contributed by atoms with Gasteiger partial charge >= 0.3 is 0 Å². The molecule has 1 saturated heterocycles. The van der Waals surface area contributed by atoms with Crippen molar-refractivity contribution in [3.63, 3.8) is 0 Å². The highest BCUT2D eigenvalue weighted by atomic mass is 32.1. The van der Waals surface area contributed by atoms with Crippen molar-refractivity contribution < 1.29 is 0 Å². The van der Waals surface area contributed by atoms with Crippen LogP contribution in [-0.4, -0.2) is 42.0 Å². The van der Waals surface area contributed by atoms with E-state index in [-0.39, 0.29) is 0 Å². The lowest BCUT2D eigenvalue weighted by Gasteiger charge is -2.28. The molecule has 0 bridgehead atoms. The lowest BCUT2D eigenvalue weighted by Crippen LogP contribution is -2.37. The molecule has 0 aromatic carbocycles. The first-order valence-electron chi connectivity index (χ1n) is 5.34. The van der Waals surface area contributed by atoms with E-state index in [1.807, 2.05) is 6.07 Å². The Bertz CT molecular complexity index is 325. The normalized spacial score (nSPS) is 24.1. The molecular formula is C10H18N4S. The second-order valence-corrected chi connectivity index (χ2v) is 5.03. The second-order valence-electron chi connectivity index (χ2n) is 4.25. The third-order valence-electron chi connectivity index (χ3n) is 2.85. The van der Waals surface area contributed by atoms with Gasteiger partial charge in [0.25, 0.3) is 0 Å². The Morgan fingerprint density at radius 2 is 2.33 bits per heavy atom. The van der Waals surface area contributed by atoms with Crippen LogP contribution in [0.4, 0.5) is 10.8 Å². The first kappa shape index (κ1) is 10.7. The summed E-state index contributed by atoms with van der Waals surface area (Å²) in [4.78, 5) is 4.80. The molecule has 0 radical (unpaired) electrons. The Morgan fingerprint density at radius 1 is 1.53 bits per heavy atom. The molecule has 1 unspecified atom stereocenters. The number of nitrogen functional groups attached to an aromatic ring is 1. The molecule has 0 amide bonds. The summed E-state index contributed by atoms with van der Waals surface area (Å²) in [5.74, 6) is 0.639. The summed E-state index contributed by atoms with van der Waals surface area (Å²) < 4.78 is 4.14. The van der Waals surface area contributed by atoms with Crippen molar-refractivity contribution in [2.24, 2.45) is 0 Å². The van der Waals surface area contributed by atoms with E-state index in [9.17, 15) is 0 Å². The molecule has 0 saturated carbocycles. The van der Waals surface area contributed by atoms with E-state index < -0.39 is 0 Å². The SMILES string of the molecule is CC1CN(C)CCCN1c1cc(N)ns1. The van der Waals surface area contributed by atoms with Crippen LogP contribution in [-0.2, 0) is 0 Å². The summed E-state index contributed by atoms with van der Waals surface area (Å²) in [5.41, 5.74) is 5.66. The van der Waals surface area contributed by atoms with Crippen molar-refractivity contribution in [3.05, 3.63) is 6.07 Å². The minimum atomic E-state index is 0.539. The summed E-state index contributed by atoms with van der Waals surface area (Å²) in [7, 11) is 2.18. The zero-order valence-electron chi connectivity index (χ0n) is 9.31. The van der Waals surface area contributed by atoms with Gasteiger partial charge < -0.3 is 15.5 Å². The first-order chi connectivity index (χ1) is 7.16. The molecule has 4 nitrogen and oxygen atoms in total. The fourth-order valence-electron chi connectivity index (χ4n) is 2.11. The lowest BCUT2D eigenvalue weighted by atomic mass is 10.3. The molecule has 15 heavy (non-hydrogen) atoms. The molecule has 2 heterocycles. The second kappa shape index (κ2) is 4.37. The van der Waals surface area contributed by atoms with Crippen LogP contribution in [0.5, 0.6) is 0 Å². The van der Waals surface area contributed by atoms with E-state index >= 15 is 0 Å². The van der Waals surface area contributed by atoms with Crippen LogP contribution in [0.15, 0.2) is 6.07 Å². The third-order valence-corrected chi connectivity index (χ3v) is 3.69. The van der Waals surface area contributed by atoms with Crippen LogP contribution in [0.3, 0.4) is 0 Å². The van der Waals surface area contributed by atoms with E-state index in [1.165, 1.54) is 29.5 Å². The number of hydrogen-bond donors (Lipinski definition) is 1. The highest BCUT2D eigenvalue weighted by Crippen LogP contribution is 2.26. The van der Waals surface area contributed by atoms with E-state index in [4.69, 9.17) is 5.73 Å². The molecule has 0 aliphatic carbocycles. The number of nitrogens with zero attached hydrogens (tertiary/aromatic N) is 3. The zero-order valence-corrected chi connectivity index (χ0v) is 10.1. The number of nitrogens with two attached hydrogens (primary N) is 1. The predicted octanol–water partition coefficient (Wildman–Crippen LogP) is 1.26. The summed E-state index contributed by atoms with van der Waals surface area (Å²) >= 11 is 1.50. The van der Waals surface area contributed by atoms with Crippen molar-refractivity contribution in [2.45, 2.75) is 19.4 Å². The molecule has 2 rings (SSSR count). The average molecular weight is 226 g/mol. The van der Waals surface area contributed by atoms with E-state index in [2.05, 4.69) is 28.1 Å². The van der Waals surface area contributed by atoms with Gasteiger partial charge in [0.2, 0.25) is 0 Å². The summed E-state index contributed by atoms with van der Waals surface area (Å²) in [5, 5.41) is 1.20. The molecular weight excluding hydrogens is 208 g/mol. The molecule has 5 heteroatoms. The van der Waals surface area contributed by atoms with Gasteiger partial charge in [-0.05, 0) is 38.5 Å². The molecule has 1 aliphatic rings. The standard InChI is InChI=1S/C10H18N4S/c1-8-7-13(2)4-3-5-14(8)10-6-9(11)12-15-10/h6,8H,3-5,7H2,1-2H3,(H2,11,12). The summed E-state index contributed by atoms with van der Waals surface area (Å²) in [6.45, 7) is 5.65. The maximum absolute atomic E-state index is 5.66. The van der Waals surface area contributed by atoms with Gasteiger partial charge in [-0.2, -0.15) is 4.37 Å². The Morgan fingerprint density at radius 3 is 3.00 bits per heavy atom. The minimum Gasteiger partial charge on any atom is -0.383 e. The molecule has 1 atom stereocenters. The van der Waals surface area contributed by atoms with Crippen molar-refractivity contribution in [2.75, 3.05) is 37.3 Å². The Labute approximate surface area is 94.8 Å². The van der Waals surface area contributed by atoms with Crippen LogP contribution in [0, 0.1) is 0 Å². The third kappa shape index (κ3) is 2.41. The smallest absolute Gasteiger partial charge is 0.139 e. The van der Waals surface area contributed by atoms with Gasteiger partial charge in [-0.15, -0.1) is 0 Å². The van der Waals surface area contributed by atoms with Gasteiger partial charge in [0.15, 0.2) is 0 Å².